The van der Waals surface area contributed by atoms with E-state index < -0.39 is 0 Å². The van der Waals surface area contributed by atoms with Crippen LogP contribution >= 0.6 is 0 Å². The fourth-order valence-electron chi connectivity index (χ4n) is 1.41. The first-order valence-corrected chi connectivity index (χ1v) is 3.98. The predicted molar refractivity (Wildman–Crippen MR) is 42.3 cm³/mol. The van der Waals surface area contributed by atoms with Crippen molar-refractivity contribution in [3.8, 4) is 0 Å². The van der Waals surface area contributed by atoms with Crippen molar-refractivity contribution in [3.05, 3.63) is 0 Å². The molecule has 0 spiro atoms. The molecule has 11 heavy (non-hydrogen) atoms. The summed E-state index contributed by atoms with van der Waals surface area (Å²) in [6.45, 7) is 6.00. The molecule has 0 saturated carbocycles. The Morgan fingerprint density at radius 2 is 1.82 bits per heavy atom. The number of rotatable bonds is 0. The van der Waals surface area contributed by atoms with E-state index in [9.17, 15) is 4.79 Å². The molecular weight excluding hydrogens is 142 g/mol. The van der Waals surface area contributed by atoms with E-state index in [-0.39, 0.29) is 6.09 Å². The zero-order chi connectivity index (χ0) is 8.43. The molecule has 1 rings (SSSR count). The topological polar surface area (TPSA) is 29.5 Å². The Morgan fingerprint density at radius 1 is 1.36 bits per heavy atom. The lowest BCUT2D eigenvalue weighted by Gasteiger charge is -2.12. The van der Waals surface area contributed by atoms with Crippen molar-refractivity contribution in [1.82, 2.24) is 4.90 Å². The zero-order valence-electron chi connectivity index (χ0n) is 7.33. The van der Waals surface area contributed by atoms with E-state index in [0.717, 1.165) is 13.1 Å². The number of nitrogens with zero attached hydrogens (tertiary/aromatic N) is 1. The van der Waals surface area contributed by atoms with Gasteiger partial charge in [0.1, 0.15) is 0 Å². The number of likely N-dealkylation sites (tertiary alicyclic amines) is 1. The Balaban J connectivity index is 2.46. The first-order valence-electron chi connectivity index (χ1n) is 3.98. The molecule has 1 aliphatic heterocycles. The summed E-state index contributed by atoms with van der Waals surface area (Å²) in [5, 5.41) is 0. The molecular formula is C8H15NO2. The van der Waals surface area contributed by atoms with Crippen LogP contribution in [-0.2, 0) is 4.74 Å². The molecule has 0 aromatic carbocycles. The molecule has 1 saturated heterocycles. The quantitative estimate of drug-likeness (QED) is 0.531. The van der Waals surface area contributed by atoms with E-state index in [1.807, 2.05) is 0 Å². The lowest BCUT2D eigenvalue weighted by Crippen LogP contribution is -2.28. The molecule has 0 unspecified atom stereocenters. The van der Waals surface area contributed by atoms with Crippen LogP contribution in [-0.4, -0.2) is 31.2 Å². The van der Waals surface area contributed by atoms with Crippen molar-refractivity contribution < 1.29 is 9.53 Å². The van der Waals surface area contributed by atoms with Gasteiger partial charge in [-0.25, -0.2) is 4.79 Å². The molecule has 0 radical (unpaired) electrons. The lowest BCUT2D eigenvalue weighted by molar-refractivity contribution is 0.131. The maximum absolute atomic E-state index is 11.0. The Hall–Kier alpha value is -0.730. The van der Waals surface area contributed by atoms with Crippen molar-refractivity contribution in [2.45, 2.75) is 13.8 Å². The van der Waals surface area contributed by atoms with Crippen LogP contribution in [0.5, 0.6) is 0 Å². The largest absolute Gasteiger partial charge is 0.453 e. The summed E-state index contributed by atoms with van der Waals surface area (Å²) in [5.41, 5.74) is 0. The average Bonchev–Trinajstić information content (AvgIpc) is 2.31. The van der Waals surface area contributed by atoms with Crippen molar-refractivity contribution in [2.24, 2.45) is 11.8 Å². The molecule has 0 aromatic heterocycles. The highest BCUT2D eigenvalue weighted by molar-refractivity contribution is 5.67. The summed E-state index contributed by atoms with van der Waals surface area (Å²) in [4.78, 5) is 12.8. The lowest BCUT2D eigenvalue weighted by atomic mass is 10.0. The smallest absolute Gasteiger partial charge is 0.409 e. The minimum absolute atomic E-state index is 0.193. The molecule has 0 N–H and O–H groups in total. The van der Waals surface area contributed by atoms with Gasteiger partial charge in [-0.05, 0) is 11.8 Å². The van der Waals surface area contributed by atoms with Gasteiger partial charge in [0.15, 0.2) is 0 Å². The monoisotopic (exact) mass is 157 g/mol. The maximum atomic E-state index is 11.0. The molecule has 3 heteroatoms. The van der Waals surface area contributed by atoms with Gasteiger partial charge in [-0.1, -0.05) is 13.8 Å². The molecule has 0 aliphatic carbocycles. The number of ether oxygens (including phenoxy) is 1. The normalized spacial score (nSPS) is 30.6. The van der Waals surface area contributed by atoms with Crippen LogP contribution in [0.3, 0.4) is 0 Å². The maximum Gasteiger partial charge on any atom is 0.409 e. The third-order valence-corrected chi connectivity index (χ3v) is 2.42. The molecule has 0 bridgehead atoms. The highest BCUT2D eigenvalue weighted by Gasteiger charge is 2.29. The van der Waals surface area contributed by atoms with Gasteiger partial charge in [0.25, 0.3) is 0 Å². The highest BCUT2D eigenvalue weighted by atomic mass is 16.5. The Morgan fingerprint density at radius 3 is 2.18 bits per heavy atom. The van der Waals surface area contributed by atoms with Crippen LogP contribution in [0.2, 0.25) is 0 Å². The summed E-state index contributed by atoms with van der Waals surface area (Å²) in [6.07, 6.45) is -0.193. The van der Waals surface area contributed by atoms with E-state index in [2.05, 4.69) is 18.6 Å². The Kier molecular flexibility index (Phi) is 2.37. The molecule has 1 fully saturated rings. The SMILES string of the molecule is COC(=O)N1C[C@@H](C)[C@@H](C)C1. The fraction of sp³-hybridized carbons (Fsp3) is 0.875. The number of carbonyl (C=O) groups is 1. The number of hydrogen-bond donors (Lipinski definition) is 0. The van der Waals surface area contributed by atoms with E-state index in [4.69, 9.17) is 0 Å². The van der Waals surface area contributed by atoms with Crippen molar-refractivity contribution in [2.75, 3.05) is 20.2 Å². The molecule has 1 amide bonds. The molecule has 2 atom stereocenters. The zero-order valence-corrected chi connectivity index (χ0v) is 7.33. The van der Waals surface area contributed by atoms with Gasteiger partial charge < -0.3 is 9.64 Å². The summed E-state index contributed by atoms with van der Waals surface area (Å²) < 4.78 is 4.62. The molecule has 1 aliphatic rings. The van der Waals surface area contributed by atoms with Crippen LogP contribution in [0.25, 0.3) is 0 Å². The Labute approximate surface area is 67.3 Å². The van der Waals surface area contributed by atoms with Gasteiger partial charge >= 0.3 is 6.09 Å². The van der Waals surface area contributed by atoms with E-state index in [0.29, 0.717) is 11.8 Å². The average molecular weight is 157 g/mol. The highest BCUT2D eigenvalue weighted by Crippen LogP contribution is 2.22. The van der Waals surface area contributed by atoms with Crippen molar-refractivity contribution in [3.63, 3.8) is 0 Å². The van der Waals surface area contributed by atoms with Crippen LogP contribution < -0.4 is 0 Å². The van der Waals surface area contributed by atoms with E-state index in [1.54, 1.807) is 4.90 Å². The van der Waals surface area contributed by atoms with Crippen molar-refractivity contribution in [1.29, 1.82) is 0 Å². The minimum atomic E-state index is -0.193. The Bertz CT molecular complexity index is 148. The van der Waals surface area contributed by atoms with Crippen LogP contribution in [0.15, 0.2) is 0 Å². The summed E-state index contributed by atoms with van der Waals surface area (Å²) in [7, 11) is 1.43. The summed E-state index contributed by atoms with van der Waals surface area (Å²) in [5.74, 6) is 1.21. The second-order valence-electron chi connectivity index (χ2n) is 3.33. The summed E-state index contributed by atoms with van der Waals surface area (Å²) in [6, 6.07) is 0. The third kappa shape index (κ3) is 1.64. The van der Waals surface area contributed by atoms with Gasteiger partial charge in [0.2, 0.25) is 0 Å². The van der Waals surface area contributed by atoms with Crippen LogP contribution in [0, 0.1) is 11.8 Å². The number of carbonyl (C=O) groups excluding carboxylic acids is 1. The number of hydrogen-bond acceptors (Lipinski definition) is 2. The van der Waals surface area contributed by atoms with Crippen LogP contribution in [0.4, 0.5) is 4.79 Å². The standard InChI is InChI=1S/C8H15NO2/c1-6-4-9(5-7(6)2)8(10)11-3/h6-7H,4-5H2,1-3H3/t6-,7+. The van der Waals surface area contributed by atoms with Gasteiger partial charge in [-0.15, -0.1) is 0 Å². The van der Waals surface area contributed by atoms with Crippen molar-refractivity contribution >= 4 is 6.09 Å². The fourth-order valence-corrected chi connectivity index (χ4v) is 1.41. The van der Waals surface area contributed by atoms with Gasteiger partial charge in [0, 0.05) is 13.1 Å². The third-order valence-electron chi connectivity index (χ3n) is 2.42. The molecule has 0 aromatic rings. The number of amides is 1. The minimum Gasteiger partial charge on any atom is -0.453 e. The molecule has 1 heterocycles. The first-order chi connectivity index (χ1) is 5.15. The first kappa shape index (κ1) is 8.37. The van der Waals surface area contributed by atoms with Gasteiger partial charge in [0.05, 0.1) is 7.11 Å². The molecule has 64 valence electrons. The molecule has 3 nitrogen and oxygen atoms in total. The number of methoxy groups -OCH3 is 1. The summed E-state index contributed by atoms with van der Waals surface area (Å²) >= 11 is 0. The second-order valence-corrected chi connectivity index (χ2v) is 3.33. The van der Waals surface area contributed by atoms with E-state index >= 15 is 0 Å². The van der Waals surface area contributed by atoms with Gasteiger partial charge in [-0.3, -0.25) is 0 Å². The predicted octanol–water partition coefficient (Wildman–Crippen LogP) is 1.34. The van der Waals surface area contributed by atoms with Crippen LogP contribution in [0.1, 0.15) is 13.8 Å². The van der Waals surface area contributed by atoms with Gasteiger partial charge in [-0.2, -0.15) is 0 Å². The van der Waals surface area contributed by atoms with E-state index in [1.165, 1.54) is 7.11 Å². The second kappa shape index (κ2) is 3.11.